The molecule has 3 heteroatoms. The third-order valence-corrected chi connectivity index (χ3v) is 3.25. The summed E-state index contributed by atoms with van der Waals surface area (Å²) in [4.78, 5) is 11.0. The average molecular weight is 245 g/mol. The third kappa shape index (κ3) is 2.79. The predicted octanol–water partition coefficient (Wildman–Crippen LogP) is 3.01. The maximum atomic E-state index is 11.0. The van der Waals surface area contributed by atoms with Crippen LogP contribution in [0.4, 0.5) is 0 Å². The molecule has 1 heterocycles. The number of aliphatic hydroxyl groups is 1. The molecule has 0 saturated carbocycles. The zero-order valence-corrected chi connectivity index (χ0v) is 10.5. The number of benzene rings is 1. The van der Waals surface area contributed by atoms with Crippen LogP contribution in [0.15, 0.2) is 30.5 Å². The van der Waals surface area contributed by atoms with Crippen molar-refractivity contribution in [2.75, 3.05) is 6.61 Å². The van der Waals surface area contributed by atoms with Crippen LogP contribution in [-0.2, 0) is 6.54 Å². The number of rotatable bonds is 7. The molecule has 0 unspecified atom stereocenters. The van der Waals surface area contributed by atoms with Gasteiger partial charge in [-0.1, -0.05) is 25.0 Å². The summed E-state index contributed by atoms with van der Waals surface area (Å²) >= 11 is 0. The summed E-state index contributed by atoms with van der Waals surface area (Å²) in [6.45, 7) is 1.21. The van der Waals surface area contributed by atoms with Crippen molar-refractivity contribution < 1.29 is 9.90 Å². The number of nitrogens with zero attached hydrogens (tertiary/aromatic N) is 1. The van der Waals surface area contributed by atoms with E-state index in [-0.39, 0.29) is 6.61 Å². The molecule has 0 saturated heterocycles. The van der Waals surface area contributed by atoms with Crippen molar-refractivity contribution in [3.63, 3.8) is 0 Å². The Hall–Kier alpha value is -1.61. The summed E-state index contributed by atoms with van der Waals surface area (Å²) in [6.07, 6.45) is 7.11. The number of carbonyl (C=O) groups excluding carboxylic acids is 1. The number of carbonyl (C=O) groups is 1. The predicted molar refractivity (Wildman–Crippen MR) is 72.9 cm³/mol. The van der Waals surface area contributed by atoms with E-state index >= 15 is 0 Å². The van der Waals surface area contributed by atoms with Gasteiger partial charge in [-0.3, -0.25) is 4.79 Å². The Labute approximate surface area is 107 Å². The Kier molecular flexibility index (Phi) is 4.53. The maximum Gasteiger partial charge on any atom is 0.152 e. The van der Waals surface area contributed by atoms with Crippen LogP contribution < -0.4 is 0 Å². The number of hydrogen-bond donors (Lipinski definition) is 1. The van der Waals surface area contributed by atoms with Crippen LogP contribution in [0.3, 0.4) is 0 Å². The molecule has 0 fully saturated rings. The second-order valence-corrected chi connectivity index (χ2v) is 4.55. The highest BCUT2D eigenvalue weighted by Gasteiger charge is 2.05. The van der Waals surface area contributed by atoms with Crippen LogP contribution >= 0.6 is 0 Å². The average Bonchev–Trinajstić information content (AvgIpc) is 2.82. The van der Waals surface area contributed by atoms with Crippen molar-refractivity contribution in [3.05, 3.63) is 36.0 Å². The number of aromatic nitrogens is 1. The van der Waals surface area contributed by atoms with Crippen molar-refractivity contribution in [2.24, 2.45) is 0 Å². The van der Waals surface area contributed by atoms with Crippen LogP contribution in [0, 0.1) is 0 Å². The maximum absolute atomic E-state index is 11.0. The summed E-state index contributed by atoms with van der Waals surface area (Å²) in [5.74, 6) is 0. The number of hydrogen-bond acceptors (Lipinski definition) is 2. The van der Waals surface area contributed by atoms with Gasteiger partial charge in [-0.2, -0.15) is 0 Å². The number of aldehydes is 1. The number of aliphatic hydroxyl groups excluding tert-OH is 1. The van der Waals surface area contributed by atoms with E-state index < -0.39 is 0 Å². The van der Waals surface area contributed by atoms with Crippen molar-refractivity contribution in [1.29, 1.82) is 0 Å². The normalized spacial score (nSPS) is 10.9. The molecule has 0 aliphatic heterocycles. The van der Waals surface area contributed by atoms with E-state index in [9.17, 15) is 4.79 Å². The Bertz CT molecular complexity index is 516. The zero-order valence-electron chi connectivity index (χ0n) is 10.5. The Morgan fingerprint density at radius 2 is 1.94 bits per heavy atom. The lowest BCUT2D eigenvalue weighted by Gasteiger charge is -2.06. The molecular weight excluding hydrogens is 226 g/mol. The number of fused-ring (bicyclic) bond motifs is 1. The zero-order chi connectivity index (χ0) is 12.8. The molecule has 0 atom stereocenters. The van der Waals surface area contributed by atoms with Gasteiger partial charge in [-0.05, 0) is 25.0 Å². The molecule has 0 aliphatic carbocycles. The van der Waals surface area contributed by atoms with Gasteiger partial charge >= 0.3 is 0 Å². The minimum absolute atomic E-state index is 0.280. The van der Waals surface area contributed by atoms with Crippen LogP contribution in [0.1, 0.15) is 36.0 Å². The molecule has 0 bridgehead atoms. The van der Waals surface area contributed by atoms with Gasteiger partial charge in [-0.15, -0.1) is 0 Å². The first kappa shape index (κ1) is 12.8. The summed E-state index contributed by atoms with van der Waals surface area (Å²) in [5.41, 5.74) is 1.79. The lowest BCUT2D eigenvalue weighted by Crippen LogP contribution is -1.98. The van der Waals surface area contributed by atoms with Gasteiger partial charge in [0.05, 0.1) is 5.52 Å². The molecule has 1 aromatic carbocycles. The van der Waals surface area contributed by atoms with Gasteiger partial charge in [0, 0.05) is 30.3 Å². The van der Waals surface area contributed by atoms with Gasteiger partial charge in [0.2, 0.25) is 0 Å². The standard InChI is InChI=1S/C15H19NO2/c17-11-4-2-1-3-9-16-10-8-13-6-5-7-14(12-18)15(13)16/h5-8,10,12,17H,1-4,9,11H2. The quantitative estimate of drug-likeness (QED) is 0.602. The largest absolute Gasteiger partial charge is 0.396 e. The SMILES string of the molecule is O=Cc1cccc2ccn(CCCCCCO)c12. The topological polar surface area (TPSA) is 42.2 Å². The van der Waals surface area contributed by atoms with Gasteiger partial charge in [0.15, 0.2) is 6.29 Å². The molecule has 18 heavy (non-hydrogen) atoms. The first-order valence-corrected chi connectivity index (χ1v) is 6.50. The molecule has 2 aromatic rings. The van der Waals surface area contributed by atoms with Gasteiger partial charge in [0.1, 0.15) is 0 Å². The minimum atomic E-state index is 0.280. The van der Waals surface area contributed by atoms with E-state index in [0.29, 0.717) is 0 Å². The van der Waals surface area contributed by atoms with E-state index in [1.54, 1.807) is 0 Å². The molecule has 96 valence electrons. The summed E-state index contributed by atoms with van der Waals surface area (Å²) in [7, 11) is 0. The molecule has 0 amide bonds. The lowest BCUT2D eigenvalue weighted by molar-refractivity contribution is 0.112. The number of para-hydroxylation sites is 1. The van der Waals surface area contributed by atoms with E-state index in [4.69, 9.17) is 5.11 Å². The fourth-order valence-corrected chi connectivity index (χ4v) is 2.32. The molecule has 3 nitrogen and oxygen atoms in total. The van der Waals surface area contributed by atoms with E-state index in [1.807, 2.05) is 24.4 Å². The van der Waals surface area contributed by atoms with Crippen molar-refractivity contribution in [2.45, 2.75) is 32.2 Å². The second kappa shape index (κ2) is 6.36. The highest BCUT2D eigenvalue weighted by atomic mass is 16.2. The highest BCUT2D eigenvalue weighted by Crippen LogP contribution is 2.20. The second-order valence-electron chi connectivity index (χ2n) is 4.55. The van der Waals surface area contributed by atoms with Crippen LogP contribution in [0.25, 0.3) is 10.9 Å². The third-order valence-electron chi connectivity index (χ3n) is 3.25. The van der Waals surface area contributed by atoms with Crippen LogP contribution in [-0.4, -0.2) is 22.6 Å². The van der Waals surface area contributed by atoms with Crippen LogP contribution in [0.2, 0.25) is 0 Å². The van der Waals surface area contributed by atoms with E-state index in [1.165, 1.54) is 0 Å². The fraction of sp³-hybridized carbons (Fsp3) is 0.400. The Balaban J connectivity index is 2.06. The number of aryl methyl sites for hydroxylation is 1. The van der Waals surface area contributed by atoms with Crippen molar-refractivity contribution in [3.8, 4) is 0 Å². The Morgan fingerprint density at radius 1 is 1.11 bits per heavy atom. The van der Waals surface area contributed by atoms with Crippen LogP contribution in [0.5, 0.6) is 0 Å². The first-order chi connectivity index (χ1) is 8.86. The molecular formula is C15H19NO2. The van der Waals surface area contributed by atoms with Crippen molar-refractivity contribution in [1.82, 2.24) is 4.57 Å². The highest BCUT2D eigenvalue weighted by molar-refractivity contribution is 5.96. The summed E-state index contributed by atoms with van der Waals surface area (Å²) < 4.78 is 2.15. The molecule has 1 aromatic heterocycles. The molecule has 0 spiro atoms. The van der Waals surface area contributed by atoms with E-state index in [2.05, 4.69) is 10.6 Å². The monoisotopic (exact) mass is 245 g/mol. The lowest BCUT2D eigenvalue weighted by atomic mass is 10.1. The first-order valence-electron chi connectivity index (χ1n) is 6.50. The van der Waals surface area contributed by atoms with E-state index in [0.717, 1.165) is 55.0 Å². The molecule has 1 N–H and O–H groups in total. The van der Waals surface area contributed by atoms with Gasteiger partial charge in [-0.25, -0.2) is 0 Å². The van der Waals surface area contributed by atoms with Gasteiger partial charge < -0.3 is 9.67 Å². The minimum Gasteiger partial charge on any atom is -0.396 e. The smallest absolute Gasteiger partial charge is 0.152 e. The fourth-order valence-electron chi connectivity index (χ4n) is 2.32. The van der Waals surface area contributed by atoms with Crippen molar-refractivity contribution >= 4 is 17.2 Å². The van der Waals surface area contributed by atoms with Gasteiger partial charge in [0.25, 0.3) is 0 Å². The molecule has 0 aliphatic rings. The number of unbranched alkanes of at least 4 members (excludes halogenated alkanes) is 3. The summed E-state index contributed by atoms with van der Waals surface area (Å²) in [5, 5.41) is 9.84. The summed E-state index contributed by atoms with van der Waals surface area (Å²) in [6, 6.07) is 7.86. The Morgan fingerprint density at radius 3 is 2.72 bits per heavy atom. The molecule has 2 rings (SSSR count). The molecule has 0 radical (unpaired) electrons.